The lowest BCUT2D eigenvalue weighted by Gasteiger charge is -2.09. The number of rotatable bonds is 4. The molecule has 0 aliphatic heterocycles. The number of carbonyl (C=O) groups is 1. The van der Waals surface area contributed by atoms with Crippen LogP contribution in [0.15, 0.2) is 11.4 Å². The molecule has 1 amide bonds. The average Bonchev–Trinajstić information content (AvgIpc) is 2.62. The van der Waals surface area contributed by atoms with E-state index in [0.717, 1.165) is 10.4 Å². The van der Waals surface area contributed by atoms with E-state index >= 15 is 0 Å². The van der Waals surface area contributed by atoms with Crippen LogP contribution in [-0.4, -0.2) is 23.7 Å². The Bertz CT molecular complexity index is 331. The van der Waals surface area contributed by atoms with Crippen LogP contribution in [-0.2, 0) is 0 Å². The molecule has 0 aliphatic rings. The Morgan fingerprint density at radius 1 is 1.53 bits per heavy atom. The molecule has 0 bridgehead atoms. The van der Waals surface area contributed by atoms with Gasteiger partial charge in [-0.2, -0.15) is 0 Å². The molecule has 15 heavy (non-hydrogen) atoms. The van der Waals surface area contributed by atoms with E-state index < -0.39 is 6.10 Å². The van der Waals surface area contributed by atoms with Crippen LogP contribution in [0, 0.1) is 0 Å². The van der Waals surface area contributed by atoms with Gasteiger partial charge in [-0.1, -0.05) is 13.8 Å². The van der Waals surface area contributed by atoms with Gasteiger partial charge in [0, 0.05) is 6.54 Å². The second-order valence-corrected chi connectivity index (χ2v) is 4.83. The van der Waals surface area contributed by atoms with Crippen molar-refractivity contribution in [2.75, 3.05) is 6.54 Å². The molecule has 84 valence electrons. The Balaban J connectivity index is 2.69. The molecule has 3 nitrogen and oxygen atoms in total. The monoisotopic (exact) mass is 227 g/mol. The van der Waals surface area contributed by atoms with Gasteiger partial charge in [-0.15, -0.1) is 11.3 Å². The molecular formula is C11H17NO2S. The Morgan fingerprint density at radius 2 is 2.20 bits per heavy atom. The van der Waals surface area contributed by atoms with Crippen LogP contribution in [0.25, 0.3) is 0 Å². The van der Waals surface area contributed by atoms with Gasteiger partial charge in [-0.05, 0) is 29.9 Å². The number of carbonyl (C=O) groups excluding carboxylic acids is 1. The van der Waals surface area contributed by atoms with E-state index in [9.17, 15) is 4.79 Å². The predicted octanol–water partition coefficient (Wildman–Crippen LogP) is 1.98. The topological polar surface area (TPSA) is 49.3 Å². The predicted molar refractivity (Wildman–Crippen MR) is 62.4 cm³/mol. The Hall–Kier alpha value is -0.870. The van der Waals surface area contributed by atoms with Crippen LogP contribution < -0.4 is 5.32 Å². The zero-order valence-electron chi connectivity index (χ0n) is 9.28. The van der Waals surface area contributed by atoms with Crippen LogP contribution in [0.2, 0.25) is 0 Å². The number of aliphatic hydroxyl groups excluding tert-OH is 1. The lowest BCUT2D eigenvalue weighted by atomic mass is 10.0. The van der Waals surface area contributed by atoms with Crippen LogP contribution >= 0.6 is 11.3 Å². The van der Waals surface area contributed by atoms with Crippen molar-refractivity contribution in [2.24, 2.45) is 0 Å². The van der Waals surface area contributed by atoms with Crippen molar-refractivity contribution in [3.63, 3.8) is 0 Å². The maximum absolute atomic E-state index is 11.7. The van der Waals surface area contributed by atoms with E-state index in [1.165, 1.54) is 11.3 Å². The molecule has 1 aromatic heterocycles. The maximum atomic E-state index is 11.7. The van der Waals surface area contributed by atoms with Crippen molar-refractivity contribution >= 4 is 17.2 Å². The Morgan fingerprint density at radius 3 is 2.73 bits per heavy atom. The molecule has 0 aromatic carbocycles. The van der Waals surface area contributed by atoms with Crippen molar-refractivity contribution < 1.29 is 9.90 Å². The van der Waals surface area contributed by atoms with Gasteiger partial charge in [-0.25, -0.2) is 0 Å². The lowest BCUT2D eigenvalue weighted by molar-refractivity contribution is 0.0927. The van der Waals surface area contributed by atoms with E-state index in [-0.39, 0.29) is 5.91 Å². The average molecular weight is 227 g/mol. The minimum atomic E-state index is -0.503. The second-order valence-electron chi connectivity index (χ2n) is 3.92. The molecule has 4 heteroatoms. The highest BCUT2D eigenvalue weighted by atomic mass is 32.1. The third kappa shape index (κ3) is 3.32. The summed E-state index contributed by atoms with van der Waals surface area (Å²) in [6.07, 6.45) is -0.503. The normalized spacial score (nSPS) is 12.9. The summed E-state index contributed by atoms with van der Waals surface area (Å²) in [7, 11) is 0. The molecule has 1 heterocycles. The molecule has 0 aliphatic carbocycles. The number of thiophene rings is 1. The first-order chi connectivity index (χ1) is 7.02. The molecule has 1 atom stereocenters. The lowest BCUT2D eigenvalue weighted by Crippen LogP contribution is -2.30. The van der Waals surface area contributed by atoms with Crippen molar-refractivity contribution in [2.45, 2.75) is 32.8 Å². The summed E-state index contributed by atoms with van der Waals surface area (Å²) in [5.74, 6) is 0.262. The highest BCUT2D eigenvalue weighted by molar-refractivity contribution is 7.12. The largest absolute Gasteiger partial charge is 0.392 e. The number of nitrogens with one attached hydrogen (secondary N) is 1. The molecule has 0 spiro atoms. The summed E-state index contributed by atoms with van der Waals surface area (Å²) in [6, 6.07) is 1.98. The minimum Gasteiger partial charge on any atom is -0.392 e. The van der Waals surface area contributed by atoms with E-state index in [1.54, 1.807) is 6.92 Å². The van der Waals surface area contributed by atoms with Gasteiger partial charge in [0.25, 0.3) is 5.91 Å². The summed E-state index contributed by atoms with van der Waals surface area (Å²) in [5.41, 5.74) is 1.07. The van der Waals surface area contributed by atoms with Gasteiger partial charge in [0.15, 0.2) is 0 Å². The summed E-state index contributed by atoms with van der Waals surface area (Å²) in [5, 5.41) is 13.7. The summed E-state index contributed by atoms with van der Waals surface area (Å²) in [4.78, 5) is 12.5. The summed E-state index contributed by atoms with van der Waals surface area (Å²) >= 11 is 1.44. The molecule has 1 rings (SSSR count). The van der Waals surface area contributed by atoms with Gasteiger partial charge >= 0.3 is 0 Å². The highest BCUT2D eigenvalue weighted by Crippen LogP contribution is 2.24. The van der Waals surface area contributed by atoms with Crippen molar-refractivity contribution in [3.05, 3.63) is 21.9 Å². The first kappa shape index (κ1) is 12.2. The first-order valence-electron chi connectivity index (χ1n) is 5.06. The fourth-order valence-electron chi connectivity index (χ4n) is 1.28. The summed E-state index contributed by atoms with van der Waals surface area (Å²) in [6.45, 7) is 6.08. The van der Waals surface area contributed by atoms with Crippen LogP contribution in [0.3, 0.4) is 0 Å². The molecule has 0 saturated heterocycles. The first-order valence-corrected chi connectivity index (χ1v) is 5.94. The third-order valence-electron chi connectivity index (χ3n) is 2.08. The quantitative estimate of drug-likeness (QED) is 0.826. The van der Waals surface area contributed by atoms with E-state index in [0.29, 0.717) is 12.5 Å². The van der Waals surface area contributed by atoms with Crippen molar-refractivity contribution in [1.29, 1.82) is 0 Å². The van der Waals surface area contributed by atoms with Gasteiger partial charge in [0.2, 0.25) is 0 Å². The fraction of sp³-hybridized carbons (Fsp3) is 0.545. The molecule has 1 aromatic rings. The van der Waals surface area contributed by atoms with Gasteiger partial charge in [0.1, 0.15) is 0 Å². The second kappa shape index (κ2) is 5.28. The van der Waals surface area contributed by atoms with Crippen LogP contribution in [0.4, 0.5) is 0 Å². The molecular weight excluding hydrogens is 210 g/mol. The van der Waals surface area contributed by atoms with E-state index in [2.05, 4.69) is 19.2 Å². The fourth-order valence-corrected chi connectivity index (χ4v) is 2.25. The van der Waals surface area contributed by atoms with Crippen molar-refractivity contribution in [1.82, 2.24) is 5.32 Å². The van der Waals surface area contributed by atoms with E-state index in [4.69, 9.17) is 5.11 Å². The third-order valence-corrected chi connectivity index (χ3v) is 3.01. The Labute approximate surface area is 94.1 Å². The smallest absolute Gasteiger partial charge is 0.261 e. The maximum Gasteiger partial charge on any atom is 0.261 e. The Kier molecular flexibility index (Phi) is 4.29. The molecule has 2 N–H and O–H groups in total. The number of hydrogen-bond donors (Lipinski definition) is 2. The number of hydrogen-bond acceptors (Lipinski definition) is 3. The van der Waals surface area contributed by atoms with Crippen molar-refractivity contribution in [3.8, 4) is 0 Å². The molecule has 0 radical (unpaired) electrons. The van der Waals surface area contributed by atoms with Gasteiger partial charge in [0.05, 0.1) is 11.0 Å². The van der Waals surface area contributed by atoms with Crippen LogP contribution in [0.5, 0.6) is 0 Å². The number of amides is 1. The standard InChI is InChI=1S/C11H17NO2S/c1-7(2)9-4-5-15-10(9)11(14)12-6-8(3)13/h4-5,7-8,13H,6H2,1-3H3,(H,12,14). The summed E-state index contributed by atoms with van der Waals surface area (Å²) < 4.78 is 0. The molecule has 0 fully saturated rings. The minimum absolute atomic E-state index is 0.0883. The highest BCUT2D eigenvalue weighted by Gasteiger charge is 2.15. The van der Waals surface area contributed by atoms with E-state index in [1.807, 2.05) is 11.4 Å². The molecule has 1 unspecified atom stereocenters. The van der Waals surface area contributed by atoms with Gasteiger partial charge in [-0.3, -0.25) is 4.79 Å². The SMILES string of the molecule is CC(O)CNC(=O)c1sccc1C(C)C. The molecule has 0 saturated carbocycles. The zero-order chi connectivity index (χ0) is 11.4. The number of aliphatic hydroxyl groups is 1. The van der Waals surface area contributed by atoms with Crippen LogP contribution in [0.1, 0.15) is 41.9 Å². The zero-order valence-corrected chi connectivity index (χ0v) is 10.1. The van der Waals surface area contributed by atoms with Gasteiger partial charge < -0.3 is 10.4 Å².